The van der Waals surface area contributed by atoms with Gasteiger partial charge in [-0.25, -0.2) is 0 Å². The van der Waals surface area contributed by atoms with Gasteiger partial charge in [0.1, 0.15) is 6.29 Å². The molecule has 2 aliphatic rings. The van der Waals surface area contributed by atoms with Gasteiger partial charge in [-0.3, -0.25) is 4.90 Å². The van der Waals surface area contributed by atoms with Crippen molar-refractivity contribution in [2.75, 3.05) is 32.7 Å². The van der Waals surface area contributed by atoms with Crippen LogP contribution in [0.3, 0.4) is 0 Å². The Bertz CT molecular complexity index is 276. The number of likely N-dealkylation sites (tertiary alicyclic amines) is 2. The molecule has 18 heavy (non-hydrogen) atoms. The van der Waals surface area contributed by atoms with Crippen molar-refractivity contribution >= 4 is 6.29 Å². The molecule has 0 aromatic heterocycles. The molecule has 2 unspecified atom stereocenters. The van der Waals surface area contributed by atoms with Crippen LogP contribution in [0, 0.1) is 5.41 Å². The van der Waals surface area contributed by atoms with E-state index in [4.69, 9.17) is 0 Å². The standard InChI is InChI=1S/C15H28N2O/c1-3-7-15(2,13-18)12-16-10-6-14(11-16)17-8-4-5-9-17/h13-14H,3-12H2,1-2H3. The number of hydrogen-bond acceptors (Lipinski definition) is 3. The van der Waals surface area contributed by atoms with Crippen LogP contribution in [0.15, 0.2) is 0 Å². The van der Waals surface area contributed by atoms with E-state index in [9.17, 15) is 4.79 Å². The lowest BCUT2D eigenvalue weighted by atomic mass is 9.87. The van der Waals surface area contributed by atoms with Gasteiger partial charge in [-0.1, -0.05) is 20.3 Å². The van der Waals surface area contributed by atoms with Crippen LogP contribution in [0.25, 0.3) is 0 Å². The second-order valence-electron chi connectivity index (χ2n) is 6.44. The Morgan fingerprint density at radius 3 is 2.61 bits per heavy atom. The van der Waals surface area contributed by atoms with Crippen LogP contribution in [-0.2, 0) is 4.79 Å². The lowest BCUT2D eigenvalue weighted by Gasteiger charge is -2.29. The minimum atomic E-state index is -0.130. The SMILES string of the molecule is CCCC(C)(C=O)CN1CCC(N2CCCC2)C1. The van der Waals surface area contributed by atoms with E-state index in [1.165, 1.54) is 51.7 Å². The average molecular weight is 252 g/mol. The minimum Gasteiger partial charge on any atom is -0.303 e. The van der Waals surface area contributed by atoms with E-state index < -0.39 is 0 Å². The Kier molecular flexibility index (Phi) is 4.79. The van der Waals surface area contributed by atoms with E-state index in [0.717, 1.165) is 25.4 Å². The first-order valence-electron chi connectivity index (χ1n) is 7.59. The van der Waals surface area contributed by atoms with Crippen LogP contribution in [0.1, 0.15) is 46.0 Å². The quantitative estimate of drug-likeness (QED) is 0.677. The molecule has 2 heterocycles. The van der Waals surface area contributed by atoms with Gasteiger partial charge in [0.2, 0.25) is 0 Å². The average Bonchev–Trinajstić information content (AvgIpc) is 2.99. The van der Waals surface area contributed by atoms with Gasteiger partial charge < -0.3 is 9.69 Å². The summed E-state index contributed by atoms with van der Waals surface area (Å²) in [4.78, 5) is 16.5. The van der Waals surface area contributed by atoms with Crippen molar-refractivity contribution in [2.45, 2.75) is 52.0 Å². The number of aldehydes is 1. The molecular weight excluding hydrogens is 224 g/mol. The maximum Gasteiger partial charge on any atom is 0.127 e. The minimum absolute atomic E-state index is 0.130. The molecule has 0 bridgehead atoms. The zero-order chi connectivity index (χ0) is 13.0. The van der Waals surface area contributed by atoms with Crippen molar-refractivity contribution in [2.24, 2.45) is 5.41 Å². The Balaban J connectivity index is 1.82. The smallest absolute Gasteiger partial charge is 0.127 e. The highest BCUT2D eigenvalue weighted by Crippen LogP contribution is 2.26. The molecule has 2 fully saturated rings. The number of hydrogen-bond donors (Lipinski definition) is 0. The number of nitrogens with zero attached hydrogens (tertiary/aromatic N) is 2. The van der Waals surface area contributed by atoms with Crippen molar-refractivity contribution in [3.05, 3.63) is 0 Å². The molecule has 2 atom stereocenters. The fraction of sp³-hybridized carbons (Fsp3) is 0.933. The third-order valence-electron chi connectivity index (χ3n) is 4.59. The summed E-state index contributed by atoms with van der Waals surface area (Å²) in [5, 5.41) is 0. The highest BCUT2D eigenvalue weighted by Gasteiger charge is 2.33. The Labute approximate surface area is 112 Å². The molecule has 0 aromatic rings. The summed E-state index contributed by atoms with van der Waals surface area (Å²) < 4.78 is 0. The Morgan fingerprint density at radius 1 is 1.28 bits per heavy atom. The number of rotatable bonds is 6. The predicted octanol–water partition coefficient (Wildman–Crippen LogP) is 2.16. The summed E-state index contributed by atoms with van der Waals surface area (Å²) in [6, 6.07) is 0.755. The van der Waals surface area contributed by atoms with E-state index in [1.807, 2.05) is 0 Å². The maximum absolute atomic E-state index is 11.3. The fourth-order valence-corrected chi connectivity index (χ4v) is 3.62. The largest absolute Gasteiger partial charge is 0.303 e. The summed E-state index contributed by atoms with van der Waals surface area (Å²) in [5.41, 5.74) is -0.130. The van der Waals surface area contributed by atoms with Gasteiger partial charge in [0, 0.05) is 24.5 Å². The lowest BCUT2D eigenvalue weighted by Crippen LogP contribution is -2.39. The lowest BCUT2D eigenvalue weighted by molar-refractivity contribution is -0.116. The molecule has 0 spiro atoms. The van der Waals surface area contributed by atoms with Crippen molar-refractivity contribution in [3.8, 4) is 0 Å². The van der Waals surface area contributed by atoms with Crippen LogP contribution >= 0.6 is 0 Å². The maximum atomic E-state index is 11.3. The van der Waals surface area contributed by atoms with Gasteiger partial charge in [-0.15, -0.1) is 0 Å². The highest BCUT2D eigenvalue weighted by atomic mass is 16.1. The topological polar surface area (TPSA) is 23.6 Å². The molecule has 0 amide bonds. The molecule has 104 valence electrons. The van der Waals surface area contributed by atoms with Gasteiger partial charge in [0.25, 0.3) is 0 Å². The van der Waals surface area contributed by atoms with E-state index in [-0.39, 0.29) is 5.41 Å². The number of carbonyl (C=O) groups is 1. The van der Waals surface area contributed by atoms with Crippen molar-refractivity contribution < 1.29 is 4.79 Å². The van der Waals surface area contributed by atoms with Gasteiger partial charge >= 0.3 is 0 Å². The third kappa shape index (κ3) is 3.33. The van der Waals surface area contributed by atoms with Crippen LogP contribution in [-0.4, -0.2) is 54.9 Å². The Morgan fingerprint density at radius 2 is 2.00 bits per heavy atom. The van der Waals surface area contributed by atoms with Crippen molar-refractivity contribution in [1.82, 2.24) is 9.80 Å². The molecule has 2 saturated heterocycles. The van der Waals surface area contributed by atoms with Crippen LogP contribution in [0.4, 0.5) is 0 Å². The molecular formula is C15H28N2O. The molecule has 0 radical (unpaired) electrons. The molecule has 0 aliphatic carbocycles. The van der Waals surface area contributed by atoms with Crippen LogP contribution < -0.4 is 0 Å². The zero-order valence-electron chi connectivity index (χ0n) is 12.0. The summed E-state index contributed by atoms with van der Waals surface area (Å²) >= 11 is 0. The first-order valence-corrected chi connectivity index (χ1v) is 7.59. The summed E-state index contributed by atoms with van der Waals surface area (Å²) in [6.07, 6.45) is 7.33. The second-order valence-corrected chi connectivity index (χ2v) is 6.44. The van der Waals surface area contributed by atoms with Crippen LogP contribution in [0.2, 0.25) is 0 Å². The molecule has 3 heteroatoms. The Hall–Kier alpha value is -0.410. The molecule has 3 nitrogen and oxygen atoms in total. The van der Waals surface area contributed by atoms with Gasteiger partial charge in [0.15, 0.2) is 0 Å². The van der Waals surface area contributed by atoms with Crippen molar-refractivity contribution in [3.63, 3.8) is 0 Å². The summed E-state index contributed by atoms with van der Waals surface area (Å²) in [5.74, 6) is 0. The van der Waals surface area contributed by atoms with E-state index in [0.29, 0.717) is 0 Å². The summed E-state index contributed by atoms with van der Waals surface area (Å²) in [7, 11) is 0. The molecule has 2 aliphatic heterocycles. The normalized spacial score (nSPS) is 29.6. The summed E-state index contributed by atoms with van der Waals surface area (Å²) in [6.45, 7) is 10.2. The van der Waals surface area contributed by atoms with Crippen LogP contribution in [0.5, 0.6) is 0 Å². The third-order valence-corrected chi connectivity index (χ3v) is 4.59. The monoisotopic (exact) mass is 252 g/mol. The van der Waals surface area contributed by atoms with E-state index in [2.05, 4.69) is 23.6 Å². The zero-order valence-corrected chi connectivity index (χ0v) is 12.0. The fourth-order valence-electron chi connectivity index (χ4n) is 3.62. The van der Waals surface area contributed by atoms with Gasteiger partial charge in [-0.2, -0.15) is 0 Å². The van der Waals surface area contributed by atoms with Gasteiger partial charge in [-0.05, 0) is 45.3 Å². The highest BCUT2D eigenvalue weighted by molar-refractivity contribution is 5.59. The first-order chi connectivity index (χ1) is 8.67. The molecule has 0 N–H and O–H groups in total. The molecule has 0 saturated carbocycles. The second kappa shape index (κ2) is 6.16. The first kappa shape index (κ1) is 14.0. The van der Waals surface area contributed by atoms with E-state index >= 15 is 0 Å². The number of carbonyl (C=O) groups excluding carboxylic acids is 1. The van der Waals surface area contributed by atoms with Crippen molar-refractivity contribution in [1.29, 1.82) is 0 Å². The predicted molar refractivity (Wildman–Crippen MR) is 74.7 cm³/mol. The molecule has 0 aromatic carbocycles. The molecule has 2 rings (SSSR count). The van der Waals surface area contributed by atoms with Gasteiger partial charge in [0.05, 0.1) is 0 Å². The van der Waals surface area contributed by atoms with E-state index in [1.54, 1.807) is 0 Å².